The maximum atomic E-state index is 13.0. The van der Waals surface area contributed by atoms with Gasteiger partial charge in [0, 0.05) is 13.1 Å². The number of halogens is 1. The van der Waals surface area contributed by atoms with Crippen LogP contribution in [0.25, 0.3) is 0 Å². The first-order chi connectivity index (χ1) is 10.6. The lowest BCUT2D eigenvalue weighted by molar-refractivity contribution is -0.128. The van der Waals surface area contributed by atoms with Crippen LogP contribution in [0.1, 0.15) is 37.7 Å². The molecule has 0 aromatic heterocycles. The monoisotopic (exact) mass is 306 g/mol. The van der Waals surface area contributed by atoms with Gasteiger partial charge in [-0.15, -0.1) is 0 Å². The number of amides is 1. The summed E-state index contributed by atoms with van der Waals surface area (Å²) >= 11 is 0. The second-order valence-electron chi connectivity index (χ2n) is 6.55. The predicted molar refractivity (Wildman–Crippen MR) is 81.6 cm³/mol. The third kappa shape index (κ3) is 3.47. The number of carbonyl (C=O) groups is 1. The Morgan fingerprint density at radius 3 is 2.68 bits per heavy atom. The van der Waals surface area contributed by atoms with Crippen molar-refractivity contribution >= 4 is 5.91 Å². The first-order valence-corrected chi connectivity index (χ1v) is 8.04. The molecular weight excluding hydrogens is 283 g/mol. The van der Waals surface area contributed by atoms with Gasteiger partial charge in [-0.2, -0.15) is 0 Å². The maximum absolute atomic E-state index is 13.0. The van der Waals surface area contributed by atoms with Gasteiger partial charge < -0.3 is 10.4 Å². The molecule has 1 atom stereocenters. The summed E-state index contributed by atoms with van der Waals surface area (Å²) in [6.07, 6.45) is 4.41. The third-order valence-electron chi connectivity index (χ3n) is 4.84. The van der Waals surface area contributed by atoms with Gasteiger partial charge in [-0.3, -0.25) is 9.69 Å². The average molecular weight is 306 g/mol. The Morgan fingerprint density at radius 2 is 2.05 bits per heavy atom. The minimum atomic E-state index is -0.684. The number of likely N-dealkylation sites (tertiary alicyclic amines) is 1. The summed E-state index contributed by atoms with van der Waals surface area (Å²) in [6.45, 7) is 1.88. The van der Waals surface area contributed by atoms with E-state index in [-0.39, 0.29) is 17.8 Å². The zero-order chi connectivity index (χ0) is 15.6. The van der Waals surface area contributed by atoms with Crippen LogP contribution in [0.5, 0.6) is 0 Å². The normalized spacial score (nSPS) is 24.0. The minimum Gasteiger partial charge on any atom is -0.388 e. The molecule has 0 bridgehead atoms. The molecule has 3 rings (SSSR count). The molecule has 1 aliphatic carbocycles. The second-order valence-corrected chi connectivity index (χ2v) is 6.55. The molecule has 1 saturated carbocycles. The van der Waals surface area contributed by atoms with Crippen LogP contribution in [0.15, 0.2) is 24.3 Å². The highest BCUT2D eigenvalue weighted by Gasteiger charge is 2.36. The lowest BCUT2D eigenvalue weighted by Crippen LogP contribution is -2.51. The summed E-state index contributed by atoms with van der Waals surface area (Å²) in [6, 6.07) is 6.28. The fraction of sp³-hybridized carbons (Fsp3) is 0.588. The van der Waals surface area contributed by atoms with Crippen LogP contribution in [-0.2, 0) is 11.3 Å². The van der Waals surface area contributed by atoms with E-state index in [0.29, 0.717) is 13.1 Å². The smallest absolute Gasteiger partial charge is 0.237 e. The van der Waals surface area contributed by atoms with E-state index in [1.54, 1.807) is 12.1 Å². The van der Waals surface area contributed by atoms with E-state index in [2.05, 4.69) is 10.2 Å². The lowest BCUT2D eigenvalue weighted by atomic mass is 9.80. The molecule has 1 saturated heterocycles. The third-order valence-corrected chi connectivity index (χ3v) is 4.84. The second kappa shape index (κ2) is 6.34. The van der Waals surface area contributed by atoms with E-state index in [4.69, 9.17) is 0 Å². The zero-order valence-electron chi connectivity index (χ0n) is 12.7. The number of carbonyl (C=O) groups excluding carboxylic acids is 1. The van der Waals surface area contributed by atoms with E-state index in [9.17, 15) is 14.3 Å². The molecule has 2 N–H and O–H groups in total. The molecular formula is C17H23FN2O2. The van der Waals surface area contributed by atoms with Gasteiger partial charge in [0.2, 0.25) is 5.91 Å². The molecule has 22 heavy (non-hydrogen) atoms. The highest BCUT2D eigenvalue weighted by atomic mass is 19.1. The van der Waals surface area contributed by atoms with Crippen molar-refractivity contribution in [3.63, 3.8) is 0 Å². The van der Waals surface area contributed by atoms with Crippen LogP contribution < -0.4 is 5.32 Å². The molecule has 1 aromatic rings. The molecule has 5 heteroatoms. The van der Waals surface area contributed by atoms with E-state index in [1.807, 2.05) is 0 Å². The predicted octanol–water partition coefficient (Wildman–Crippen LogP) is 1.82. The largest absolute Gasteiger partial charge is 0.388 e. The first-order valence-electron chi connectivity index (χ1n) is 8.04. The number of rotatable bonds is 5. The van der Waals surface area contributed by atoms with Crippen LogP contribution in [0.2, 0.25) is 0 Å². The Bertz CT molecular complexity index is 528. The van der Waals surface area contributed by atoms with Gasteiger partial charge >= 0.3 is 0 Å². The van der Waals surface area contributed by atoms with Crippen molar-refractivity contribution in [1.82, 2.24) is 10.2 Å². The molecule has 4 nitrogen and oxygen atoms in total. The number of nitrogens with zero attached hydrogens (tertiary/aromatic N) is 1. The molecule has 0 radical (unpaired) electrons. The summed E-state index contributed by atoms with van der Waals surface area (Å²) < 4.78 is 13.0. The Balaban J connectivity index is 1.55. The topological polar surface area (TPSA) is 52.6 Å². The van der Waals surface area contributed by atoms with Gasteiger partial charge in [0.15, 0.2) is 0 Å². The average Bonchev–Trinajstić information content (AvgIpc) is 2.93. The van der Waals surface area contributed by atoms with Crippen LogP contribution in [0.3, 0.4) is 0 Å². The first kappa shape index (κ1) is 15.4. The highest BCUT2D eigenvalue weighted by Crippen LogP contribution is 2.30. The van der Waals surface area contributed by atoms with Gasteiger partial charge in [-0.25, -0.2) is 4.39 Å². The van der Waals surface area contributed by atoms with E-state index in [0.717, 1.165) is 44.2 Å². The molecule has 1 aromatic carbocycles. The standard InChI is InChI=1S/C17H23FN2O2/c18-14-6-4-13(5-7-14)11-20-10-1-3-15(20)16(21)19-12-17(22)8-2-9-17/h4-7,15,22H,1-3,8-12H2,(H,19,21). The van der Waals surface area contributed by atoms with Crippen molar-refractivity contribution in [2.45, 2.75) is 50.3 Å². The molecule has 2 fully saturated rings. The highest BCUT2D eigenvalue weighted by molar-refractivity contribution is 5.82. The Hall–Kier alpha value is -1.46. The molecule has 1 aliphatic heterocycles. The minimum absolute atomic E-state index is 0.0000586. The van der Waals surface area contributed by atoms with Gasteiger partial charge in [-0.1, -0.05) is 12.1 Å². The van der Waals surface area contributed by atoms with Crippen molar-refractivity contribution in [3.8, 4) is 0 Å². The van der Waals surface area contributed by atoms with Crippen LogP contribution >= 0.6 is 0 Å². The molecule has 1 amide bonds. The van der Waals surface area contributed by atoms with Crippen molar-refractivity contribution in [2.24, 2.45) is 0 Å². The summed E-state index contributed by atoms with van der Waals surface area (Å²) in [5, 5.41) is 13.0. The van der Waals surface area contributed by atoms with E-state index in [1.165, 1.54) is 12.1 Å². The fourth-order valence-electron chi connectivity index (χ4n) is 3.27. The number of hydrogen-bond donors (Lipinski definition) is 2. The van der Waals surface area contributed by atoms with E-state index >= 15 is 0 Å². The van der Waals surface area contributed by atoms with Crippen molar-refractivity contribution in [1.29, 1.82) is 0 Å². The lowest BCUT2D eigenvalue weighted by Gasteiger charge is -2.37. The van der Waals surface area contributed by atoms with Gasteiger partial charge in [0.25, 0.3) is 0 Å². The summed E-state index contributed by atoms with van der Waals surface area (Å²) in [5.74, 6) is -0.242. The SMILES string of the molecule is O=C(NCC1(O)CCC1)C1CCCN1Cc1ccc(F)cc1. The quantitative estimate of drug-likeness (QED) is 0.872. The van der Waals surface area contributed by atoms with Crippen LogP contribution in [-0.4, -0.2) is 40.6 Å². The van der Waals surface area contributed by atoms with Gasteiger partial charge in [0.05, 0.1) is 11.6 Å². The van der Waals surface area contributed by atoms with E-state index < -0.39 is 5.60 Å². The van der Waals surface area contributed by atoms with Crippen molar-refractivity contribution in [3.05, 3.63) is 35.6 Å². The van der Waals surface area contributed by atoms with Gasteiger partial charge in [0.1, 0.15) is 5.82 Å². The Labute approximate surface area is 130 Å². The number of benzene rings is 1. The number of nitrogens with one attached hydrogen (secondary N) is 1. The molecule has 0 spiro atoms. The van der Waals surface area contributed by atoms with Crippen LogP contribution in [0.4, 0.5) is 4.39 Å². The molecule has 1 unspecified atom stereocenters. The molecule has 120 valence electrons. The zero-order valence-corrected chi connectivity index (χ0v) is 12.7. The summed E-state index contributed by atoms with van der Waals surface area (Å²) in [5.41, 5.74) is 0.328. The summed E-state index contributed by atoms with van der Waals surface area (Å²) in [7, 11) is 0. The fourth-order valence-corrected chi connectivity index (χ4v) is 3.27. The molecule has 1 heterocycles. The maximum Gasteiger partial charge on any atom is 0.237 e. The summed E-state index contributed by atoms with van der Waals surface area (Å²) in [4.78, 5) is 14.5. The van der Waals surface area contributed by atoms with Gasteiger partial charge in [-0.05, 0) is 56.3 Å². The Morgan fingerprint density at radius 1 is 1.32 bits per heavy atom. The number of hydrogen-bond acceptors (Lipinski definition) is 3. The van der Waals surface area contributed by atoms with Crippen LogP contribution in [0, 0.1) is 5.82 Å². The Kier molecular flexibility index (Phi) is 4.45. The van der Waals surface area contributed by atoms with Crippen molar-refractivity contribution < 1.29 is 14.3 Å². The number of aliphatic hydroxyl groups is 1. The van der Waals surface area contributed by atoms with Crippen molar-refractivity contribution in [2.75, 3.05) is 13.1 Å². The molecule has 2 aliphatic rings.